The zero-order valence-electron chi connectivity index (χ0n) is 15.9. The lowest BCUT2D eigenvalue weighted by molar-refractivity contribution is -0.117. The molecule has 2 aromatic carbocycles. The van der Waals surface area contributed by atoms with Gasteiger partial charge >= 0.3 is 0 Å². The molecule has 1 aliphatic rings. The molecule has 0 saturated carbocycles. The SMILES string of the molecule is Cc1cc(N2CCCC2=O)ccc1S(=O)(=O)N(C)CCOc1ccccc1F. The van der Waals surface area contributed by atoms with Crippen molar-refractivity contribution < 1.29 is 22.3 Å². The van der Waals surface area contributed by atoms with Crippen molar-refractivity contribution in [1.82, 2.24) is 4.31 Å². The van der Waals surface area contributed by atoms with Gasteiger partial charge in [-0.3, -0.25) is 4.79 Å². The van der Waals surface area contributed by atoms with E-state index in [1.807, 2.05) is 0 Å². The van der Waals surface area contributed by atoms with Gasteiger partial charge in [-0.25, -0.2) is 12.8 Å². The number of para-hydroxylation sites is 1. The van der Waals surface area contributed by atoms with E-state index in [4.69, 9.17) is 4.74 Å². The number of rotatable bonds is 7. The van der Waals surface area contributed by atoms with E-state index in [1.165, 1.54) is 29.6 Å². The summed E-state index contributed by atoms with van der Waals surface area (Å²) in [6.45, 7) is 2.46. The average molecular weight is 406 g/mol. The van der Waals surface area contributed by atoms with Crippen LogP contribution in [0.15, 0.2) is 47.4 Å². The molecule has 150 valence electrons. The maximum atomic E-state index is 13.6. The summed E-state index contributed by atoms with van der Waals surface area (Å²) in [4.78, 5) is 13.7. The van der Waals surface area contributed by atoms with Crippen molar-refractivity contribution >= 4 is 21.6 Å². The molecule has 2 aromatic rings. The smallest absolute Gasteiger partial charge is 0.243 e. The van der Waals surface area contributed by atoms with Crippen LogP contribution in [0.3, 0.4) is 0 Å². The van der Waals surface area contributed by atoms with E-state index < -0.39 is 15.8 Å². The third-order valence-corrected chi connectivity index (χ3v) is 6.75. The van der Waals surface area contributed by atoms with E-state index in [1.54, 1.807) is 36.1 Å². The molecule has 1 saturated heterocycles. The predicted molar refractivity (Wildman–Crippen MR) is 104 cm³/mol. The lowest BCUT2D eigenvalue weighted by Gasteiger charge is -2.21. The Bertz CT molecular complexity index is 978. The minimum absolute atomic E-state index is 0.0239. The molecule has 3 rings (SSSR count). The van der Waals surface area contributed by atoms with Gasteiger partial charge in [-0.2, -0.15) is 4.31 Å². The van der Waals surface area contributed by atoms with Crippen LogP contribution in [0.1, 0.15) is 18.4 Å². The van der Waals surface area contributed by atoms with Crippen LogP contribution < -0.4 is 9.64 Å². The second kappa shape index (κ2) is 8.28. The molecular weight excluding hydrogens is 383 g/mol. The monoisotopic (exact) mass is 406 g/mol. The summed E-state index contributed by atoms with van der Waals surface area (Å²) in [5, 5.41) is 0. The third kappa shape index (κ3) is 4.18. The largest absolute Gasteiger partial charge is 0.489 e. The topological polar surface area (TPSA) is 66.9 Å². The quantitative estimate of drug-likeness (QED) is 0.709. The highest BCUT2D eigenvalue weighted by molar-refractivity contribution is 7.89. The number of hydrogen-bond acceptors (Lipinski definition) is 4. The Hall–Kier alpha value is -2.45. The normalized spacial score (nSPS) is 14.7. The Balaban J connectivity index is 1.69. The number of benzene rings is 2. The standard InChI is InChI=1S/C20H23FN2O4S/c1-15-14-16(23-11-5-8-20(23)24)9-10-19(15)28(25,26)22(2)12-13-27-18-7-4-3-6-17(18)21/h3-4,6-7,9-10,14H,5,8,11-13H2,1-2H3. The molecule has 8 heteroatoms. The molecule has 0 aromatic heterocycles. The number of amides is 1. The van der Waals surface area contributed by atoms with E-state index in [0.29, 0.717) is 24.2 Å². The Morgan fingerprint density at radius 3 is 2.61 bits per heavy atom. The van der Waals surface area contributed by atoms with Crippen molar-refractivity contribution in [2.45, 2.75) is 24.7 Å². The van der Waals surface area contributed by atoms with Crippen LogP contribution in [0.4, 0.5) is 10.1 Å². The van der Waals surface area contributed by atoms with Gasteiger partial charge < -0.3 is 9.64 Å². The van der Waals surface area contributed by atoms with E-state index in [2.05, 4.69) is 0 Å². The molecule has 1 aliphatic heterocycles. The predicted octanol–water partition coefficient (Wildman–Crippen LogP) is 2.96. The molecule has 1 amide bonds. The van der Waals surface area contributed by atoms with Crippen LogP contribution >= 0.6 is 0 Å². The average Bonchev–Trinajstić information content (AvgIpc) is 3.08. The van der Waals surface area contributed by atoms with Gasteiger partial charge in [-0.1, -0.05) is 12.1 Å². The number of nitrogens with zero attached hydrogens (tertiary/aromatic N) is 2. The summed E-state index contributed by atoms with van der Waals surface area (Å²) < 4.78 is 45.8. The van der Waals surface area contributed by atoms with Gasteiger partial charge in [0, 0.05) is 32.2 Å². The number of carbonyl (C=O) groups is 1. The van der Waals surface area contributed by atoms with Crippen LogP contribution in [0, 0.1) is 12.7 Å². The van der Waals surface area contributed by atoms with Crippen LogP contribution in [-0.4, -0.2) is 45.4 Å². The second-order valence-corrected chi connectivity index (χ2v) is 8.72. The number of aryl methyl sites for hydroxylation is 1. The Morgan fingerprint density at radius 1 is 1.21 bits per heavy atom. The Kier molecular flexibility index (Phi) is 6.00. The molecule has 1 fully saturated rings. The first kappa shape index (κ1) is 20.3. The lowest BCUT2D eigenvalue weighted by Crippen LogP contribution is -2.31. The number of anilines is 1. The number of ether oxygens (including phenoxy) is 1. The highest BCUT2D eigenvalue weighted by Crippen LogP contribution is 2.27. The minimum atomic E-state index is -3.73. The maximum Gasteiger partial charge on any atom is 0.243 e. The van der Waals surface area contributed by atoms with Gasteiger partial charge in [0.1, 0.15) is 6.61 Å². The minimum Gasteiger partial charge on any atom is -0.489 e. The summed E-state index contributed by atoms with van der Waals surface area (Å²) in [5.74, 6) is -0.350. The number of sulfonamides is 1. The first-order valence-corrected chi connectivity index (χ1v) is 10.5. The van der Waals surface area contributed by atoms with E-state index in [9.17, 15) is 17.6 Å². The van der Waals surface area contributed by atoms with Gasteiger partial charge in [0.25, 0.3) is 0 Å². The van der Waals surface area contributed by atoms with E-state index in [-0.39, 0.29) is 29.7 Å². The Morgan fingerprint density at radius 2 is 1.96 bits per heavy atom. The molecule has 0 radical (unpaired) electrons. The van der Waals surface area contributed by atoms with Crippen molar-refractivity contribution in [3.63, 3.8) is 0 Å². The summed E-state index contributed by atoms with van der Waals surface area (Å²) >= 11 is 0. The molecule has 6 nitrogen and oxygen atoms in total. The fourth-order valence-electron chi connectivity index (χ4n) is 3.15. The Labute approximate surface area is 164 Å². The molecular formula is C20H23FN2O4S. The summed E-state index contributed by atoms with van der Waals surface area (Å²) in [6, 6.07) is 10.9. The number of hydrogen-bond donors (Lipinski definition) is 0. The van der Waals surface area contributed by atoms with Crippen molar-refractivity contribution in [2.24, 2.45) is 0 Å². The molecule has 0 aliphatic carbocycles. The van der Waals surface area contributed by atoms with Gasteiger partial charge in [-0.05, 0) is 49.2 Å². The summed E-state index contributed by atoms with van der Waals surface area (Å²) in [7, 11) is -2.28. The highest BCUT2D eigenvalue weighted by atomic mass is 32.2. The van der Waals surface area contributed by atoms with Crippen molar-refractivity contribution in [3.05, 3.63) is 53.8 Å². The van der Waals surface area contributed by atoms with Gasteiger partial charge in [0.05, 0.1) is 4.90 Å². The van der Waals surface area contributed by atoms with E-state index >= 15 is 0 Å². The summed E-state index contributed by atoms with van der Waals surface area (Å²) in [6.07, 6.45) is 1.33. The molecule has 0 atom stereocenters. The molecule has 0 bridgehead atoms. The molecule has 0 unspecified atom stereocenters. The molecule has 0 spiro atoms. The fraction of sp³-hybridized carbons (Fsp3) is 0.350. The number of carbonyl (C=O) groups excluding carboxylic acids is 1. The zero-order chi connectivity index (χ0) is 20.3. The number of likely N-dealkylation sites (N-methyl/N-ethyl adjacent to an activating group) is 1. The highest BCUT2D eigenvalue weighted by Gasteiger charge is 2.26. The van der Waals surface area contributed by atoms with Crippen LogP contribution in [-0.2, 0) is 14.8 Å². The molecule has 0 N–H and O–H groups in total. The molecule has 1 heterocycles. The summed E-state index contributed by atoms with van der Waals surface area (Å²) in [5.41, 5.74) is 1.28. The van der Waals surface area contributed by atoms with Crippen molar-refractivity contribution in [2.75, 3.05) is 31.6 Å². The van der Waals surface area contributed by atoms with Gasteiger partial charge in [-0.15, -0.1) is 0 Å². The van der Waals surface area contributed by atoms with E-state index in [0.717, 1.165) is 6.42 Å². The van der Waals surface area contributed by atoms with Crippen molar-refractivity contribution in [1.29, 1.82) is 0 Å². The van der Waals surface area contributed by atoms with Crippen molar-refractivity contribution in [3.8, 4) is 5.75 Å². The number of halogens is 1. The van der Waals surface area contributed by atoms with Gasteiger partial charge in [0.15, 0.2) is 11.6 Å². The molecule has 28 heavy (non-hydrogen) atoms. The third-order valence-electron chi connectivity index (χ3n) is 4.73. The van der Waals surface area contributed by atoms with Crippen LogP contribution in [0.5, 0.6) is 5.75 Å². The van der Waals surface area contributed by atoms with Crippen LogP contribution in [0.2, 0.25) is 0 Å². The second-order valence-electron chi connectivity index (χ2n) is 6.70. The fourth-order valence-corrected chi connectivity index (χ4v) is 4.50. The first-order chi connectivity index (χ1) is 13.3. The maximum absolute atomic E-state index is 13.6. The lowest BCUT2D eigenvalue weighted by atomic mass is 10.2. The van der Waals surface area contributed by atoms with Crippen LogP contribution in [0.25, 0.3) is 0 Å². The first-order valence-electron chi connectivity index (χ1n) is 9.05. The van der Waals surface area contributed by atoms with Gasteiger partial charge in [0.2, 0.25) is 15.9 Å². The zero-order valence-corrected chi connectivity index (χ0v) is 16.7.